The van der Waals surface area contributed by atoms with Gasteiger partial charge in [-0.25, -0.2) is 9.78 Å². The number of hydrogen-bond donors (Lipinski definition) is 3. The molecule has 2 aromatic rings. The molecule has 0 saturated carbocycles. The number of imidazole rings is 1. The van der Waals surface area contributed by atoms with Gasteiger partial charge in [-0.05, 0) is 38.7 Å². The Labute approximate surface area is 205 Å². The Balaban J connectivity index is 1.69. The number of anilines is 1. The number of carbonyl (C=O) groups excluding carboxylic acids is 2. The van der Waals surface area contributed by atoms with Gasteiger partial charge in [0.2, 0.25) is 0 Å². The number of nitrogens with zero attached hydrogens (tertiary/aromatic N) is 2. The quantitative estimate of drug-likeness (QED) is 0.323. The van der Waals surface area contributed by atoms with Crippen LogP contribution in [0.15, 0.2) is 6.07 Å². The number of carbonyl (C=O) groups is 2. The van der Waals surface area contributed by atoms with Crippen LogP contribution in [0.4, 0.5) is 5.82 Å². The summed E-state index contributed by atoms with van der Waals surface area (Å²) < 4.78 is 11.4. The van der Waals surface area contributed by atoms with Crippen LogP contribution >= 0.6 is 11.6 Å². The molecule has 10 heteroatoms. The summed E-state index contributed by atoms with van der Waals surface area (Å²) in [6.07, 6.45) is 3.66. The van der Waals surface area contributed by atoms with E-state index in [1.165, 1.54) is 0 Å². The maximum Gasteiger partial charge on any atom is 0.340 e. The molecule has 0 spiro atoms. The first-order valence-corrected chi connectivity index (χ1v) is 12.6. The lowest BCUT2D eigenvalue weighted by atomic mass is 10.0. The number of hydrogen-bond acceptors (Lipinski definition) is 6. The summed E-state index contributed by atoms with van der Waals surface area (Å²) in [7, 11) is 0. The highest BCUT2D eigenvalue weighted by Gasteiger charge is 2.33. The minimum atomic E-state index is -0.296. The van der Waals surface area contributed by atoms with Crippen molar-refractivity contribution in [2.75, 3.05) is 31.2 Å². The van der Waals surface area contributed by atoms with Gasteiger partial charge in [0.15, 0.2) is 11.0 Å². The van der Waals surface area contributed by atoms with Crippen molar-refractivity contribution in [3.8, 4) is 0 Å². The van der Waals surface area contributed by atoms with Crippen molar-refractivity contribution in [3.63, 3.8) is 0 Å². The number of aromatic amines is 2. The molecule has 34 heavy (non-hydrogen) atoms. The number of aromatic nitrogens is 3. The molecule has 2 unspecified atom stereocenters. The highest BCUT2D eigenvalue weighted by molar-refractivity contribution is 6.30. The number of unbranched alkanes of at least 4 members (excludes halogenated alkanes) is 1. The number of nitrogens with one attached hydrogen (secondary N) is 3. The second-order valence-electron chi connectivity index (χ2n) is 8.41. The fourth-order valence-electron chi connectivity index (χ4n) is 4.15. The van der Waals surface area contributed by atoms with Crippen molar-refractivity contribution in [3.05, 3.63) is 34.0 Å². The lowest BCUT2D eigenvalue weighted by molar-refractivity contribution is 0.0270. The van der Waals surface area contributed by atoms with Crippen LogP contribution in [0.2, 0.25) is 5.15 Å². The predicted molar refractivity (Wildman–Crippen MR) is 132 cm³/mol. The Morgan fingerprint density at radius 3 is 2.62 bits per heavy atom. The molecule has 2 aromatic heterocycles. The minimum absolute atomic E-state index is 0.170. The zero-order chi connectivity index (χ0) is 24.7. The van der Waals surface area contributed by atoms with Crippen LogP contribution < -0.4 is 10.2 Å². The lowest BCUT2D eigenvalue weighted by Gasteiger charge is -2.39. The van der Waals surface area contributed by atoms with E-state index in [2.05, 4.69) is 32.1 Å². The maximum atomic E-state index is 12.8. The van der Waals surface area contributed by atoms with E-state index in [0.717, 1.165) is 30.0 Å². The van der Waals surface area contributed by atoms with Crippen LogP contribution in [0.1, 0.15) is 79.3 Å². The molecule has 3 heterocycles. The summed E-state index contributed by atoms with van der Waals surface area (Å²) in [5.74, 6) is 0.483. The fraction of sp³-hybridized carbons (Fsp3) is 0.625. The first-order valence-electron chi connectivity index (χ1n) is 12.2. The maximum absolute atomic E-state index is 12.8. The van der Waals surface area contributed by atoms with Gasteiger partial charge in [0, 0.05) is 25.4 Å². The first-order chi connectivity index (χ1) is 16.4. The zero-order valence-electron chi connectivity index (χ0n) is 20.5. The topological polar surface area (TPSA) is 112 Å². The molecule has 1 aliphatic heterocycles. The molecule has 1 aliphatic rings. The summed E-state index contributed by atoms with van der Waals surface area (Å²) in [5.41, 5.74) is 2.19. The molecular weight excluding hydrogens is 458 g/mol. The summed E-state index contributed by atoms with van der Waals surface area (Å²) in [6.45, 7) is 10.2. The van der Waals surface area contributed by atoms with E-state index in [9.17, 15) is 9.59 Å². The molecule has 0 aliphatic carbocycles. The molecule has 188 valence electrons. The smallest absolute Gasteiger partial charge is 0.340 e. The van der Waals surface area contributed by atoms with E-state index < -0.39 is 0 Å². The fourth-order valence-corrected chi connectivity index (χ4v) is 4.42. The summed E-state index contributed by atoms with van der Waals surface area (Å²) in [6, 6.07) is 1.70. The van der Waals surface area contributed by atoms with Crippen molar-refractivity contribution in [1.82, 2.24) is 20.3 Å². The van der Waals surface area contributed by atoms with Crippen molar-refractivity contribution in [2.45, 2.75) is 71.9 Å². The van der Waals surface area contributed by atoms with E-state index in [1.807, 2.05) is 26.8 Å². The Morgan fingerprint density at radius 2 is 1.97 bits per heavy atom. The monoisotopic (exact) mass is 493 g/mol. The van der Waals surface area contributed by atoms with E-state index >= 15 is 0 Å². The van der Waals surface area contributed by atoms with Gasteiger partial charge in [-0.2, -0.15) is 0 Å². The van der Waals surface area contributed by atoms with Gasteiger partial charge < -0.3 is 29.7 Å². The molecule has 0 bridgehead atoms. The third-order valence-electron chi connectivity index (χ3n) is 6.08. The normalized spacial score (nSPS) is 18.2. The van der Waals surface area contributed by atoms with Crippen molar-refractivity contribution >= 4 is 29.3 Å². The van der Waals surface area contributed by atoms with Gasteiger partial charge >= 0.3 is 5.97 Å². The highest BCUT2D eigenvalue weighted by atomic mass is 35.5. The second-order valence-corrected chi connectivity index (χ2v) is 8.76. The highest BCUT2D eigenvalue weighted by Crippen LogP contribution is 2.25. The largest absolute Gasteiger partial charge is 0.462 e. The summed E-state index contributed by atoms with van der Waals surface area (Å²) >= 11 is 6.09. The van der Waals surface area contributed by atoms with Gasteiger partial charge in [-0.3, -0.25) is 4.79 Å². The first kappa shape index (κ1) is 26.1. The van der Waals surface area contributed by atoms with Crippen molar-refractivity contribution in [1.29, 1.82) is 0 Å². The minimum Gasteiger partial charge on any atom is -0.462 e. The van der Waals surface area contributed by atoms with Gasteiger partial charge in [0.05, 0.1) is 30.0 Å². The van der Waals surface area contributed by atoms with Crippen LogP contribution in [-0.2, 0) is 22.3 Å². The molecule has 0 radical (unpaired) electrons. The SMILES string of the molecule is CCCCOC(=O)c1cc(N2CCC(NC(=O)c3nc(Cl)c(CC)[nH]3)C(OCC)C2)[nH]c1CC. The van der Waals surface area contributed by atoms with Gasteiger partial charge in [-0.1, -0.05) is 38.8 Å². The molecule has 0 aromatic carbocycles. The Bertz CT molecular complexity index is 973. The molecule has 9 nitrogen and oxygen atoms in total. The van der Waals surface area contributed by atoms with Crippen LogP contribution in [0.3, 0.4) is 0 Å². The van der Waals surface area contributed by atoms with Gasteiger partial charge in [-0.15, -0.1) is 0 Å². The number of amides is 1. The Kier molecular flexibility index (Phi) is 9.41. The third-order valence-corrected chi connectivity index (χ3v) is 6.40. The number of esters is 1. The lowest BCUT2D eigenvalue weighted by Crippen LogP contribution is -2.55. The molecule has 3 N–H and O–H groups in total. The summed E-state index contributed by atoms with van der Waals surface area (Å²) in [4.78, 5) is 38.0. The second kappa shape index (κ2) is 12.3. The standard InChI is InChI=1S/C24H36ClN5O4/c1-5-9-12-34-24(32)15-13-20(26-16(15)6-2)30-11-10-18(19(14-30)33-8-4)28-23(31)22-27-17(7-3)21(25)29-22/h13,18-19,26H,5-12,14H2,1-4H3,(H,27,29)(H,28,31). The molecular formula is C24H36ClN5O4. The average Bonchev–Trinajstić information content (AvgIpc) is 3.44. The number of rotatable bonds is 11. The average molecular weight is 494 g/mol. The van der Waals surface area contributed by atoms with Gasteiger partial charge in [0.25, 0.3) is 5.91 Å². The van der Waals surface area contributed by atoms with Crippen LogP contribution in [0.5, 0.6) is 0 Å². The number of H-pyrrole nitrogens is 2. The molecule has 1 amide bonds. The Morgan fingerprint density at radius 1 is 1.21 bits per heavy atom. The van der Waals surface area contributed by atoms with E-state index in [1.54, 1.807) is 0 Å². The third kappa shape index (κ3) is 6.13. The number of aryl methyl sites for hydroxylation is 2. The Hall–Kier alpha value is -2.52. The molecule has 2 atom stereocenters. The molecule has 1 saturated heterocycles. The van der Waals surface area contributed by atoms with Gasteiger partial charge in [0.1, 0.15) is 5.82 Å². The van der Waals surface area contributed by atoms with Crippen molar-refractivity contribution in [2.24, 2.45) is 0 Å². The van der Waals surface area contributed by atoms with E-state index in [-0.39, 0.29) is 29.8 Å². The van der Waals surface area contributed by atoms with Crippen LogP contribution in [-0.4, -0.2) is 65.3 Å². The van der Waals surface area contributed by atoms with Crippen LogP contribution in [0, 0.1) is 0 Å². The molecule has 3 rings (SSSR count). The van der Waals surface area contributed by atoms with E-state index in [0.29, 0.717) is 56.3 Å². The number of ether oxygens (including phenoxy) is 2. The van der Waals surface area contributed by atoms with E-state index in [4.69, 9.17) is 21.1 Å². The summed E-state index contributed by atoms with van der Waals surface area (Å²) in [5, 5.41) is 3.38. The number of piperidine rings is 1. The molecule has 1 fully saturated rings. The number of halogens is 1. The zero-order valence-corrected chi connectivity index (χ0v) is 21.3. The van der Waals surface area contributed by atoms with Crippen molar-refractivity contribution < 1.29 is 19.1 Å². The van der Waals surface area contributed by atoms with Crippen LogP contribution in [0.25, 0.3) is 0 Å². The predicted octanol–water partition coefficient (Wildman–Crippen LogP) is 3.89.